The van der Waals surface area contributed by atoms with Gasteiger partial charge in [-0.1, -0.05) is 30.3 Å². The molecule has 3 rings (SSSR count). The number of carbonyl (C=O) groups excluding carboxylic acids is 1. The van der Waals surface area contributed by atoms with Gasteiger partial charge in [0.05, 0.1) is 17.9 Å². The Balaban J connectivity index is 1.76. The van der Waals surface area contributed by atoms with E-state index in [1.807, 2.05) is 50.3 Å². The van der Waals surface area contributed by atoms with Gasteiger partial charge in [-0.2, -0.15) is 0 Å². The van der Waals surface area contributed by atoms with Gasteiger partial charge in [0.15, 0.2) is 0 Å². The zero-order valence-corrected chi connectivity index (χ0v) is 16.2. The van der Waals surface area contributed by atoms with E-state index in [9.17, 15) is 4.79 Å². The number of ether oxygens (including phenoxy) is 3. The Kier molecular flexibility index (Phi) is 5.94. The van der Waals surface area contributed by atoms with Crippen molar-refractivity contribution in [3.63, 3.8) is 0 Å². The van der Waals surface area contributed by atoms with Crippen molar-refractivity contribution in [2.45, 2.75) is 26.6 Å². The number of carbonyl (C=O) groups is 1. The molecule has 0 saturated heterocycles. The van der Waals surface area contributed by atoms with E-state index in [1.54, 1.807) is 43.5 Å². The number of aliphatic imine (C=N–C) groups is 1. The van der Waals surface area contributed by atoms with Gasteiger partial charge in [0, 0.05) is 31.7 Å². The number of benzene rings is 2. The minimum atomic E-state index is -0.777. The number of hydrogen-bond acceptors (Lipinski definition) is 5. The monoisotopic (exact) mass is 377 g/mol. The van der Waals surface area contributed by atoms with Crippen LogP contribution in [0, 0.1) is 0 Å². The molecule has 144 valence electrons. The lowest BCUT2D eigenvalue weighted by atomic mass is 10.1. The number of allylic oxidation sites excluding steroid dienone is 2. The van der Waals surface area contributed by atoms with Gasteiger partial charge in [0.2, 0.25) is 5.79 Å². The first-order valence-corrected chi connectivity index (χ1v) is 9.13. The van der Waals surface area contributed by atoms with Crippen molar-refractivity contribution in [2.24, 2.45) is 4.99 Å². The Morgan fingerprint density at radius 1 is 1.07 bits per heavy atom. The van der Waals surface area contributed by atoms with E-state index in [0.717, 1.165) is 17.0 Å². The summed E-state index contributed by atoms with van der Waals surface area (Å²) in [6.07, 6.45) is 5.29. The van der Waals surface area contributed by atoms with Crippen LogP contribution in [0.2, 0.25) is 0 Å². The van der Waals surface area contributed by atoms with Gasteiger partial charge in [0.1, 0.15) is 11.5 Å². The van der Waals surface area contributed by atoms with E-state index >= 15 is 0 Å². The van der Waals surface area contributed by atoms with Crippen molar-refractivity contribution >= 4 is 23.6 Å². The van der Waals surface area contributed by atoms with E-state index in [1.165, 1.54) is 0 Å². The van der Waals surface area contributed by atoms with Crippen LogP contribution in [0.3, 0.4) is 0 Å². The molecule has 5 heteroatoms. The van der Waals surface area contributed by atoms with Crippen LogP contribution in [-0.2, 0) is 14.2 Å². The quantitative estimate of drug-likeness (QED) is 0.526. The zero-order valence-electron chi connectivity index (χ0n) is 16.2. The highest BCUT2D eigenvalue weighted by Gasteiger charge is 2.28. The second-order valence-electron chi connectivity index (χ2n) is 6.59. The lowest BCUT2D eigenvalue weighted by Crippen LogP contribution is -2.30. The van der Waals surface area contributed by atoms with Gasteiger partial charge in [0.25, 0.3) is 0 Å². The van der Waals surface area contributed by atoms with Crippen LogP contribution in [-0.4, -0.2) is 24.6 Å². The zero-order chi connectivity index (χ0) is 20.0. The maximum Gasteiger partial charge on any atom is 0.338 e. The maximum atomic E-state index is 11.7. The fourth-order valence-electron chi connectivity index (χ4n) is 2.68. The Morgan fingerprint density at radius 2 is 1.79 bits per heavy atom. The molecule has 1 aliphatic heterocycles. The van der Waals surface area contributed by atoms with Crippen LogP contribution >= 0.6 is 0 Å². The highest BCUT2D eigenvalue weighted by molar-refractivity contribution is 5.89. The molecule has 0 amide bonds. The molecule has 28 heavy (non-hydrogen) atoms. The first-order valence-electron chi connectivity index (χ1n) is 9.13. The van der Waals surface area contributed by atoms with Gasteiger partial charge >= 0.3 is 5.97 Å². The Labute approximate surface area is 165 Å². The van der Waals surface area contributed by atoms with Crippen LogP contribution in [0.25, 0.3) is 5.76 Å². The smallest absolute Gasteiger partial charge is 0.338 e. The van der Waals surface area contributed by atoms with Crippen LogP contribution in [0.5, 0.6) is 0 Å². The average Bonchev–Trinajstić information content (AvgIpc) is 2.68. The summed E-state index contributed by atoms with van der Waals surface area (Å²) < 4.78 is 16.7. The molecule has 0 aliphatic carbocycles. The van der Waals surface area contributed by atoms with E-state index in [2.05, 4.69) is 4.99 Å². The maximum absolute atomic E-state index is 11.7. The molecular formula is C23H23NO4. The largest absolute Gasteiger partial charge is 0.462 e. The van der Waals surface area contributed by atoms with Crippen LogP contribution in [0.1, 0.15) is 36.7 Å². The van der Waals surface area contributed by atoms with Gasteiger partial charge in [-0.05, 0) is 37.3 Å². The first-order chi connectivity index (χ1) is 13.5. The van der Waals surface area contributed by atoms with E-state index in [0.29, 0.717) is 17.9 Å². The summed E-state index contributed by atoms with van der Waals surface area (Å²) in [5.41, 5.74) is 2.21. The second kappa shape index (κ2) is 8.57. The van der Waals surface area contributed by atoms with Crippen molar-refractivity contribution in [3.8, 4) is 0 Å². The summed E-state index contributed by atoms with van der Waals surface area (Å²) >= 11 is 0. The van der Waals surface area contributed by atoms with Crippen molar-refractivity contribution in [3.05, 3.63) is 83.6 Å². The standard InChI is InChI=1S/C23H23NO4/c1-4-26-22(25)18-10-12-19(13-11-18)24-15-14-20-16-21(28-23(2,3)27-20)17-8-6-5-7-9-17/h5-16H,4H2,1-3H3. The van der Waals surface area contributed by atoms with Gasteiger partial charge in [-0.3, -0.25) is 4.99 Å². The highest BCUT2D eigenvalue weighted by Crippen LogP contribution is 2.32. The molecule has 0 spiro atoms. The summed E-state index contributed by atoms with van der Waals surface area (Å²) in [6, 6.07) is 16.8. The average molecular weight is 377 g/mol. The number of rotatable bonds is 5. The van der Waals surface area contributed by atoms with Crippen LogP contribution in [0.4, 0.5) is 5.69 Å². The summed E-state index contributed by atoms with van der Waals surface area (Å²) in [5, 5.41) is 0. The summed E-state index contributed by atoms with van der Waals surface area (Å²) in [4.78, 5) is 16.1. The third-order valence-corrected chi connectivity index (χ3v) is 3.89. The summed E-state index contributed by atoms with van der Waals surface area (Å²) in [5.74, 6) is 0.287. The van der Waals surface area contributed by atoms with Gasteiger partial charge in [-0.15, -0.1) is 0 Å². The van der Waals surface area contributed by atoms with E-state index in [4.69, 9.17) is 14.2 Å². The van der Waals surface area contributed by atoms with Crippen molar-refractivity contribution < 1.29 is 19.0 Å². The second-order valence-corrected chi connectivity index (χ2v) is 6.59. The van der Waals surface area contributed by atoms with Gasteiger partial charge < -0.3 is 14.2 Å². The summed E-state index contributed by atoms with van der Waals surface area (Å²) in [6.45, 7) is 5.86. The van der Waals surface area contributed by atoms with E-state index in [-0.39, 0.29) is 5.97 Å². The molecule has 0 unspecified atom stereocenters. The fourth-order valence-corrected chi connectivity index (χ4v) is 2.68. The van der Waals surface area contributed by atoms with E-state index < -0.39 is 5.79 Å². The first kappa shape index (κ1) is 19.4. The Bertz CT molecular complexity index is 909. The third-order valence-electron chi connectivity index (χ3n) is 3.89. The molecule has 1 aliphatic rings. The lowest BCUT2D eigenvalue weighted by Gasteiger charge is -2.33. The van der Waals surface area contributed by atoms with Gasteiger partial charge in [-0.25, -0.2) is 4.79 Å². The van der Waals surface area contributed by atoms with Crippen molar-refractivity contribution in [1.29, 1.82) is 0 Å². The molecule has 0 atom stereocenters. The molecule has 0 aromatic heterocycles. The molecule has 2 aromatic carbocycles. The molecule has 0 saturated carbocycles. The molecule has 0 N–H and O–H groups in total. The van der Waals surface area contributed by atoms with Crippen molar-refractivity contribution in [1.82, 2.24) is 0 Å². The molecule has 2 aromatic rings. The number of nitrogens with zero attached hydrogens (tertiary/aromatic N) is 1. The SMILES string of the molecule is CCOC(=O)c1ccc(N=CC=C2C=C(c3ccccc3)OC(C)(C)O2)cc1. The molecule has 0 bridgehead atoms. The molecule has 5 nitrogen and oxygen atoms in total. The Hall–Kier alpha value is -3.34. The number of esters is 1. The van der Waals surface area contributed by atoms with Crippen LogP contribution in [0.15, 0.2) is 77.5 Å². The predicted octanol–water partition coefficient (Wildman–Crippen LogP) is 5.27. The molecular weight excluding hydrogens is 354 g/mol. The summed E-state index contributed by atoms with van der Waals surface area (Å²) in [7, 11) is 0. The molecule has 0 radical (unpaired) electrons. The molecule has 0 fully saturated rings. The number of hydrogen-bond donors (Lipinski definition) is 0. The van der Waals surface area contributed by atoms with Crippen LogP contribution < -0.4 is 0 Å². The normalized spacial score (nSPS) is 17.0. The molecule has 1 heterocycles. The highest BCUT2D eigenvalue weighted by atomic mass is 16.7. The van der Waals surface area contributed by atoms with Crippen molar-refractivity contribution in [2.75, 3.05) is 6.61 Å². The third kappa shape index (κ3) is 5.10. The lowest BCUT2D eigenvalue weighted by molar-refractivity contribution is -0.149. The fraction of sp³-hybridized carbons (Fsp3) is 0.217. The minimum absolute atomic E-state index is 0.337. The topological polar surface area (TPSA) is 57.1 Å². The minimum Gasteiger partial charge on any atom is -0.462 e. The Morgan fingerprint density at radius 3 is 2.46 bits per heavy atom. The predicted molar refractivity (Wildman–Crippen MR) is 109 cm³/mol.